The average Bonchev–Trinajstić information content (AvgIpc) is 2.87. The third-order valence-corrected chi connectivity index (χ3v) is 3.62. The summed E-state index contributed by atoms with van der Waals surface area (Å²) in [6.07, 6.45) is 2.49. The first-order valence-corrected chi connectivity index (χ1v) is 5.66. The minimum atomic E-state index is 0.244. The molecule has 1 fully saturated rings. The highest BCUT2D eigenvalue weighted by Crippen LogP contribution is 2.38. The minimum Gasteiger partial charge on any atom is -0.294 e. The van der Waals surface area contributed by atoms with Crippen LogP contribution in [0, 0.1) is 18.8 Å². The standard InChI is InChI=1S/C11H14OS/c1-7-5-10(6-13-7)11(12)8(2)9-3-4-9/h5-6,8-9H,3-4H2,1-2H3. The first-order chi connectivity index (χ1) is 6.18. The zero-order valence-corrected chi connectivity index (χ0v) is 8.86. The Morgan fingerprint density at radius 3 is 2.77 bits per heavy atom. The zero-order chi connectivity index (χ0) is 9.42. The van der Waals surface area contributed by atoms with Crippen LogP contribution in [0.1, 0.15) is 35.0 Å². The Bertz CT molecular complexity index is 323. The molecule has 0 aliphatic heterocycles. The summed E-state index contributed by atoms with van der Waals surface area (Å²) in [4.78, 5) is 13.1. The Kier molecular flexibility index (Phi) is 2.24. The van der Waals surface area contributed by atoms with Gasteiger partial charge in [-0.25, -0.2) is 0 Å². The number of hydrogen-bond donors (Lipinski definition) is 0. The summed E-state index contributed by atoms with van der Waals surface area (Å²) in [7, 11) is 0. The lowest BCUT2D eigenvalue weighted by atomic mass is 9.97. The summed E-state index contributed by atoms with van der Waals surface area (Å²) in [6, 6.07) is 2.01. The van der Waals surface area contributed by atoms with Crippen molar-refractivity contribution >= 4 is 17.1 Å². The second-order valence-electron chi connectivity index (χ2n) is 3.94. The third-order valence-electron chi connectivity index (χ3n) is 2.76. The average molecular weight is 194 g/mol. The van der Waals surface area contributed by atoms with Gasteiger partial charge >= 0.3 is 0 Å². The van der Waals surface area contributed by atoms with E-state index in [9.17, 15) is 4.79 Å². The highest BCUT2D eigenvalue weighted by atomic mass is 32.1. The maximum atomic E-state index is 11.8. The predicted octanol–water partition coefficient (Wildman–Crippen LogP) is 3.29. The smallest absolute Gasteiger partial charge is 0.166 e. The van der Waals surface area contributed by atoms with Crippen LogP contribution in [0.5, 0.6) is 0 Å². The van der Waals surface area contributed by atoms with Crippen LogP contribution in [0.25, 0.3) is 0 Å². The molecule has 13 heavy (non-hydrogen) atoms. The van der Waals surface area contributed by atoms with Gasteiger partial charge in [-0.1, -0.05) is 6.92 Å². The normalized spacial score (nSPS) is 18.6. The number of rotatable bonds is 3. The van der Waals surface area contributed by atoms with Crippen LogP contribution in [0.2, 0.25) is 0 Å². The maximum Gasteiger partial charge on any atom is 0.166 e. The molecule has 1 atom stereocenters. The molecular formula is C11H14OS. The number of Topliss-reactive ketones (excluding diaryl/α,β-unsaturated/α-hetero) is 1. The number of thiophene rings is 1. The molecule has 1 aromatic heterocycles. The maximum absolute atomic E-state index is 11.8. The first kappa shape index (κ1) is 8.95. The molecular weight excluding hydrogens is 180 g/mol. The van der Waals surface area contributed by atoms with Gasteiger partial charge in [0.1, 0.15) is 0 Å². The number of aryl methyl sites for hydroxylation is 1. The largest absolute Gasteiger partial charge is 0.294 e. The van der Waals surface area contributed by atoms with Gasteiger partial charge in [0.05, 0.1) is 0 Å². The van der Waals surface area contributed by atoms with Crippen LogP contribution < -0.4 is 0 Å². The van der Waals surface area contributed by atoms with Gasteiger partial charge < -0.3 is 0 Å². The number of carbonyl (C=O) groups excluding carboxylic acids is 1. The predicted molar refractivity (Wildman–Crippen MR) is 55.3 cm³/mol. The molecule has 1 aliphatic carbocycles. The van der Waals surface area contributed by atoms with Crippen LogP contribution in [0.3, 0.4) is 0 Å². The topological polar surface area (TPSA) is 17.1 Å². The fourth-order valence-electron chi connectivity index (χ4n) is 1.65. The first-order valence-electron chi connectivity index (χ1n) is 4.78. The summed E-state index contributed by atoms with van der Waals surface area (Å²) in [5, 5.41) is 1.98. The van der Waals surface area contributed by atoms with Gasteiger partial charge in [0.25, 0.3) is 0 Å². The Hall–Kier alpha value is -0.630. The van der Waals surface area contributed by atoms with Gasteiger partial charge in [-0.3, -0.25) is 4.79 Å². The Balaban J connectivity index is 2.11. The summed E-state index contributed by atoms with van der Waals surface area (Å²) in [5.74, 6) is 1.26. The number of carbonyl (C=O) groups is 1. The van der Waals surface area contributed by atoms with E-state index in [-0.39, 0.29) is 5.92 Å². The zero-order valence-electron chi connectivity index (χ0n) is 8.04. The van der Waals surface area contributed by atoms with E-state index in [2.05, 4.69) is 6.92 Å². The number of ketones is 1. The van der Waals surface area contributed by atoms with E-state index in [0.717, 1.165) is 5.56 Å². The lowest BCUT2D eigenvalue weighted by Crippen LogP contribution is -2.12. The molecule has 1 nitrogen and oxygen atoms in total. The molecule has 1 unspecified atom stereocenters. The van der Waals surface area contributed by atoms with Crippen LogP contribution >= 0.6 is 11.3 Å². The molecule has 2 rings (SSSR count). The second kappa shape index (κ2) is 3.26. The summed E-state index contributed by atoms with van der Waals surface area (Å²) < 4.78 is 0. The fourth-order valence-corrected chi connectivity index (χ4v) is 2.34. The molecule has 1 aliphatic rings. The molecule has 0 N–H and O–H groups in total. The van der Waals surface area contributed by atoms with Gasteiger partial charge in [0, 0.05) is 21.7 Å². The van der Waals surface area contributed by atoms with Crippen molar-refractivity contribution in [2.45, 2.75) is 26.7 Å². The van der Waals surface area contributed by atoms with Crippen molar-refractivity contribution < 1.29 is 4.79 Å². The molecule has 0 radical (unpaired) electrons. The molecule has 0 aromatic carbocycles. The van der Waals surface area contributed by atoms with Crippen molar-refractivity contribution in [2.75, 3.05) is 0 Å². The summed E-state index contributed by atoms with van der Waals surface area (Å²) in [5.41, 5.74) is 0.918. The monoisotopic (exact) mass is 194 g/mol. The van der Waals surface area contributed by atoms with Crippen molar-refractivity contribution in [3.63, 3.8) is 0 Å². The van der Waals surface area contributed by atoms with E-state index in [1.54, 1.807) is 11.3 Å². The van der Waals surface area contributed by atoms with Crippen molar-refractivity contribution in [3.05, 3.63) is 21.9 Å². The van der Waals surface area contributed by atoms with E-state index in [4.69, 9.17) is 0 Å². The van der Waals surface area contributed by atoms with Crippen molar-refractivity contribution in [1.82, 2.24) is 0 Å². The van der Waals surface area contributed by atoms with Gasteiger partial charge in [-0.2, -0.15) is 0 Å². The van der Waals surface area contributed by atoms with Gasteiger partial charge in [0.2, 0.25) is 0 Å². The molecule has 1 saturated carbocycles. The van der Waals surface area contributed by atoms with E-state index in [0.29, 0.717) is 11.7 Å². The molecule has 0 saturated heterocycles. The van der Waals surface area contributed by atoms with Crippen molar-refractivity contribution in [2.24, 2.45) is 11.8 Å². The van der Waals surface area contributed by atoms with Gasteiger partial charge in [-0.05, 0) is 31.7 Å². The molecule has 2 heteroatoms. The Morgan fingerprint density at radius 2 is 2.31 bits per heavy atom. The van der Waals surface area contributed by atoms with Crippen LogP contribution in [0.4, 0.5) is 0 Å². The lowest BCUT2D eigenvalue weighted by molar-refractivity contribution is 0.0916. The minimum absolute atomic E-state index is 0.244. The number of hydrogen-bond acceptors (Lipinski definition) is 2. The highest BCUT2D eigenvalue weighted by Gasteiger charge is 2.33. The van der Waals surface area contributed by atoms with E-state index in [1.807, 2.05) is 18.4 Å². The van der Waals surface area contributed by atoms with Crippen LogP contribution in [0.15, 0.2) is 11.4 Å². The second-order valence-corrected chi connectivity index (χ2v) is 5.05. The molecule has 1 aromatic rings. The fraction of sp³-hybridized carbons (Fsp3) is 0.545. The molecule has 0 spiro atoms. The van der Waals surface area contributed by atoms with Crippen LogP contribution in [-0.4, -0.2) is 5.78 Å². The SMILES string of the molecule is Cc1cc(C(=O)C(C)C2CC2)cs1. The van der Waals surface area contributed by atoms with Gasteiger partial charge in [-0.15, -0.1) is 11.3 Å². The lowest BCUT2D eigenvalue weighted by Gasteiger charge is -2.05. The van der Waals surface area contributed by atoms with Gasteiger partial charge in [0.15, 0.2) is 5.78 Å². The highest BCUT2D eigenvalue weighted by molar-refractivity contribution is 7.10. The summed E-state index contributed by atoms with van der Waals surface area (Å²) in [6.45, 7) is 4.11. The third kappa shape index (κ3) is 1.83. The van der Waals surface area contributed by atoms with Crippen molar-refractivity contribution in [3.8, 4) is 0 Å². The van der Waals surface area contributed by atoms with Crippen LogP contribution in [-0.2, 0) is 0 Å². The molecule has 0 bridgehead atoms. The van der Waals surface area contributed by atoms with E-state index < -0.39 is 0 Å². The van der Waals surface area contributed by atoms with Crippen molar-refractivity contribution in [1.29, 1.82) is 0 Å². The summed E-state index contributed by atoms with van der Waals surface area (Å²) >= 11 is 1.66. The molecule has 70 valence electrons. The van der Waals surface area contributed by atoms with E-state index in [1.165, 1.54) is 17.7 Å². The Labute approximate surface area is 82.8 Å². The van der Waals surface area contributed by atoms with E-state index >= 15 is 0 Å². The Morgan fingerprint density at radius 1 is 1.62 bits per heavy atom. The molecule has 0 amide bonds. The quantitative estimate of drug-likeness (QED) is 0.675. The molecule has 1 heterocycles.